The number of hydrogen-bond donors (Lipinski definition) is 1. The maximum atomic E-state index is 12.6. The number of carbonyl (C=O) groups is 1. The highest BCUT2D eigenvalue weighted by atomic mass is 19.4. The van der Waals surface area contributed by atoms with E-state index in [4.69, 9.17) is 4.42 Å². The van der Waals surface area contributed by atoms with Crippen molar-refractivity contribution in [3.05, 3.63) is 23.7 Å². The summed E-state index contributed by atoms with van der Waals surface area (Å²) < 4.78 is 47.4. The van der Waals surface area contributed by atoms with Gasteiger partial charge in [0.15, 0.2) is 0 Å². The molecule has 1 aromatic heterocycles. The third-order valence-electron chi connectivity index (χ3n) is 3.83. The van der Waals surface area contributed by atoms with Gasteiger partial charge >= 0.3 is 12.1 Å². The average Bonchev–Trinajstić information content (AvgIpc) is 2.92. The van der Waals surface area contributed by atoms with Crippen molar-refractivity contribution in [1.29, 1.82) is 0 Å². The van der Waals surface area contributed by atoms with Gasteiger partial charge in [-0.3, -0.25) is 0 Å². The van der Waals surface area contributed by atoms with E-state index in [1.165, 1.54) is 13.4 Å². The van der Waals surface area contributed by atoms with E-state index in [1.807, 2.05) is 0 Å². The summed E-state index contributed by atoms with van der Waals surface area (Å²) in [6.45, 7) is 0.387. The van der Waals surface area contributed by atoms with Crippen LogP contribution in [0.5, 0.6) is 0 Å². The fraction of sp³-hybridized carbons (Fsp3) is 0.643. The topological polar surface area (TPSA) is 51.5 Å². The summed E-state index contributed by atoms with van der Waals surface area (Å²) in [7, 11) is 1.28. The maximum absolute atomic E-state index is 12.6. The zero-order valence-electron chi connectivity index (χ0n) is 11.7. The molecule has 7 heteroatoms. The highest BCUT2D eigenvalue weighted by Gasteiger charge is 2.41. The van der Waals surface area contributed by atoms with Gasteiger partial charge in [-0.1, -0.05) is 0 Å². The molecule has 0 spiro atoms. The van der Waals surface area contributed by atoms with E-state index >= 15 is 0 Å². The quantitative estimate of drug-likeness (QED) is 0.867. The van der Waals surface area contributed by atoms with E-state index in [1.54, 1.807) is 6.07 Å². The molecule has 21 heavy (non-hydrogen) atoms. The van der Waals surface area contributed by atoms with Gasteiger partial charge < -0.3 is 14.5 Å². The molecule has 0 atom stereocenters. The Morgan fingerprint density at radius 1 is 1.38 bits per heavy atom. The van der Waals surface area contributed by atoms with E-state index < -0.39 is 18.1 Å². The van der Waals surface area contributed by atoms with Gasteiger partial charge in [-0.25, -0.2) is 4.79 Å². The Morgan fingerprint density at radius 2 is 2.05 bits per heavy atom. The van der Waals surface area contributed by atoms with Crippen LogP contribution in [0.25, 0.3) is 0 Å². The Kier molecular flexibility index (Phi) is 4.92. The summed E-state index contributed by atoms with van der Waals surface area (Å²) >= 11 is 0. The van der Waals surface area contributed by atoms with E-state index in [0.29, 0.717) is 30.7 Å². The minimum Gasteiger partial charge on any atom is -0.467 e. The highest BCUT2D eigenvalue weighted by molar-refractivity contribution is 5.88. The normalized spacial score (nSPS) is 23.0. The number of ether oxygens (including phenoxy) is 1. The SMILES string of the molecule is COC(=O)c1coc(CNC2CCC(C(F)(F)F)CC2)c1. The molecular weight excluding hydrogens is 287 g/mol. The Balaban J connectivity index is 1.77. The predicted octanol–water partition coefficient (Wildman–Crippen LogP) is 3.28. The average molecular weight is 305 g/mol. The van der Waals surface area contributed by atoms with Gasteiger partial charge in [0.25, 0.3) is 0 Å². The minimum absolute atomic E-state index is 0.0512. The lowest BCUT2D eigenvalue weighted by molar-refractivity contribution is -0.182. The molecule has 0 bridgehead atoms. The van der Waals surface area contributed by atoms with Crippen molar-refractivity contribution in [2.45, 2.75) is 44.4 Å². The molecule has 2 rings (SSSR count). The van der Waals surface area contributed by atoms with Crippen LogP contribution in [0, 0.1) is 5.92 Å². The number of methoxy groups -OCH3 is 1. The van der Waals surface area contributed by atoms with Crippen molar-refractivity contribution in [3.63, 3.8) is 0 Å². The zero-order chi connectivity index (χ0) is 15.5. The first-order valence-electron chi connectivity index (χ1n) is 6.86. The number of hydrogen-bond acceptors (Lipinski definition) is 4. The first-order valence-corrected chi connectivity index (χ1v) is 6.86. The number of nitrogens with one attached hydrogen (secondary N) is 1. The van der Waals surface area contributed by atoms with Crippen molar-refractivity contribution in [2.24, 2.45) is 5.92 Å². The first kappa shape index (κ1) is 15.9. The van der Waals surface area contributed by atoms with E-state index in [2.05, 4.69) is 10.1 Å². The van der Waals surface area contributed by atoms with Crippen molar-refractivity contribution in [2.75, 3.05) is 7.11 Å². The number of alkyl halides is 3. The second-order valence-electron chi connectivity index (χ2n) is 5.26. The fourth-order valence-corrected chi connectivity index (χ4v) is 2.57. The molecule has 118 valence electrons. The Morgan fingerprint density at radius 3 is 2.62 bits per heavy atom. The zero-order valence-corrected chi connectivity index (χ0v) is 11.7. The molecule has 0 saturated heterocycles. The van der Waals surface area contributed by atoms with Crippen LogP contribution >= 0.6 is 0 Å². The molecule has 0 aliphatic heterocycles. The molecule has 0 unspecified atom stereocenters. The molecule has 1 fully saturated rings. The first-order chi connectivity index (χ1) is 9.90. The van der Waals surface area contributed by atoms with Crippen LogP contribution < -0.4 is 5.32 Å². The van der Waals surface area contributed by atoms with E-state index in [9.17, 15) is 18.0 Å². The number of carbonyl (C=O) groups excluding carboxylic acids is 1. The number of furan rings is 1. The lowest BCUT2D eigenvalue weighted by atomic mass is 9.85. The molecule has 1 aromatic rings. The van der Waals surface area contributed by atoms with Gasteiger partial charge in [-0.2, -0.15) is 13.2 Å². The smallest absolute Gasteiger partial charge is 0.391 e. The molecule has 1 saturated carbocycles. The summed E-state index contributed by atoms with van der Waals surface area (Å²) in [6, 6.07) is 1.62. The van der Waals surface area contributed by atoms with Gasteiger partial charge in [0, 0.05) is 6.04 Å². The Labute approximate surface area is 120 Å². The molecule has 1 aliphatic rings. The number of rotatable bonds is 4. The lowest BCUT2D eigenvalue weighted by Gasteiger charge is -2.30. The van der Waals surface area contributed by atoms with Crippen molar-refractivity contribution in [3.8, 4) is 0 Å². The van der Waals surface area contributed by atoms with Crippen LogP contribution in [0.1, 0.15) is 41.8 Å². The molecule has 0 amide bonds. The summed E-state index contributed by atoms with van der Waals surface area (Å²) in [6.07, 6.45) is -1.46. The predicted molar refractivity (Wildman–Crippen MR) is 68.7 cm³/mol. The van der Waals surface area contributed by atoms with Crippen LogP contribution in [0.3, 0.4) is 0 Å². The van der Waals surface area contributed by atoms with Crippen LogP contribution in [0.15, 0.2) is 16.7 Å². The fourth-order valence-electron chi connectivity index (χ4n) is 2.57. The second-order valence-corrected chi connectivity index (χ2v) is 5.26. The monoisotopic (exact) mass is 305 g/mol. The number of esters is 1. The highest BCUT2D eigenvalue weighted by Crippen LogP contribution is 2.37. The second kappa shape index (κ2) is 6.51. The van der Waals surface area contributed by atoms with Crippen LogP contribution in [-0.2, 0) is 11.3 Å². The largest absolute Gasteiger partial charge is 0.467 e. The van der Waals surface area contributed by atoms with Crippen LogP contribution in [0.4, 0.5) is 13.2 Å². The third kappa shape index (κ3) is 4.23. The van der Waals surface area contributed by atoms with Gasteiger partial charge in [-0.05, 0) is 31.7 Å². The lowest BCUT2D eigenvalue weighted by Crippen LogP contribution is -2.36. The van der Waals surface area contributed by atoms with Gasteiger partial charge in [0.2, 0.25) is 0 Å². The molecule has 0 aromatic carbocycles. The molecule has 1 heterocycles. The van der Waals surface area contributed by atoms with Crippen LogP contribution in [0.2, 0.25) is 0 Å². The maximum Gasteiger partial charge on any atom is 0.391 e. The Bertz CT molecular complexity index is 476. The third-order valence-corrected chi connectivity index (χ3v) is 3.83. The number of halogens is 3. The summed E-state index contributed by atoms with van der Waals surface area (Å²) in [4.78, 5) is 11.3. The van der Waals surface area contributed by atoms with Crippen molar-refractivity contribution in [1.82, 2.24) is 5.32 Å². The molecule has 1 aliphatic carbocycles. The summed E-state index contributed by atoms with van der Waals surface area (Å²) in [5.41, 5.74) is 0.329. The standard InChI is InChI=1S/C14H18F3NO3/c1-20-13(19)9-6-12(21-8-9)7-18-11-4-2-10(3-5-11)14(15,16)17/h6,8,10-11,18H,2-5,7H2,1H3. The van der Waals surface area contributed by atoms with Crippen molar-refractivity contribution < 1.29 is 27.1 Å². The van der Waals surface area contributed by atoms with Gasteiger partial charge in [-0.15, -0.1) is 0 Å². The van der Waals surface area contributed by atoms with Crippen molar-refractivity contribution >= 4 is 5.97 Å². The Hall–Kier alpha value is -1.50. The summed E-state index contributed by atoms with van der Waals surface area (Å²) in [5.74, 6) is -1.09. The molecule has 1 N–H and O–H groups in total. The molecule has 0 radical (unpaired) electrons. The molecule has 4 nitrogen and oxygen atoms in total. The van der Waals surface area contributed by atoms with E-state index in [-0.39, 0.29) is 18.9 Å². The minimum atomic E-state index is -4.08. The molecular formula is C14H18F3NO3. The van der Waals surface area contributed by atoms with Gasteiger partial charge in [0.05, 0.1) is 25.1 Å². The van der Waals surface area contributed by atoms with E-state index in [0.717, 1.165) is 0 Å². The summed E-state index contributed by atoms with van der Waals surface area (Å²) in [5, 5.41) is 3.17. The van der Waals surface area contributed by atoms with Crippen LogP contribution in [-0.4, -0.2) is 25.3 Å². The van der Waals surface area contributed by atoms with Gasteiger partial charge in [0.1, 0.15) is 12.0 Å².